The van der Waals surface area contributed by atoms with Crippen molar-refractivity contribution in [3.8, 4) is 0 Å². The van der Waals surface area contributed by atoms with Gasteiger partial charge in [0, 0.05) is 0 Å². The molecule has 0 atom stereocenters. The number of hydrogen-bond acceptors (Lipinski definition) is 1. The van der Waals surface area contributed by atoms with E-state index in [9.17, 15) is 0 Å². The van der Waals surface area contributed by atoms with E-state index in [1.165, 1.54) is 62.7 Å². The number of unbranched alkanes of at least 4 members (excludes halogenated alkanes) is 3. The maximum absolute atomic E-state index is 4.71. The van der Waals surface area contributed by atoms with Gasteiger partial charge in [-0.1, -0.05) is 0 Å². The summed E-state index contributed by atoms with van der Waals surface area (Å²) in [5.41, 5.74) is 2.29. The first-order valence-electron chi connectivity index (χ1n) is 10.0. The van der Waals surface area contributed by atoms with Crippen LogP contribution in [0.3, 0.4) is 0 Å². The molecule has 2 rings (SSSR count). The first-order valence-corrected chi connectivity index (χ1v) is 17.5. The first kappa shape index (κ1) is 19.7. The van der Waals surface area contributed by atoms with Gasteiger partial charge in [0.1, 0.15) is 0 Å². The normalized spacial score (nSPS) is 12.0. The summed E-state index contributed by atoms with van der Waals surface area (Å²) in [5.74, 6) is 0. The van der Waals surface area contributed by atoms with E-state index in [-0.39, 0.29) is 0 Å². The molecule has 0 unspecified atom stereocenters. The Hall–Kier alpha value is -0.571. The maximum atomic E-state index is 4.71. The minimum atomic E-state index is -2.29. The summed E-state index contributed by atoms with van der Waals surface area (Å²) in [6.07, 6.45) is 8.29. The van der Waals surface area contributed by atoms with Gasteiger partial charge in [-0.05, 0) is 0 Å². The van der Waals surface area contributed by atoms with E-state index in [4.69, 9.17) is 4.98 Å². The van der Waals surface area contributed by atoms with E-state index in [1.807, 2.05) is 0 Å². The van der Waals surface area contributed by atoms with Crippen LogP contribution in [-0.4, -0.2) is 23.4 Å². The molecule has 0 fully saturated rings. The summed E-state index contributed by atoms with van der Waals surface area (Å²) in [6, 6.07) is 11.7. The zero-order chi connectivity index (χ0) is 17.4. The fraction of sp³-hybridized carbons (Fsp3) is 0.591. The molecule has 0 saturated carbocycles. The quantitative estimate of drug-likeness (QED) is 0.386. The molecule has 0 bridgehead atoms. The van der Waals surface area contributed by atoms with Crippen LogP contribution in [0.2, 0.25) is 13.3 Å². The Morgan fingerprint density at radius 2 is 1.38 bits per heavy atom. The molecule has 0 aliphatic rings. The standard InChI is InChI=1S/C10H8N.3C4H9.Sn/c1-8-6-7-9-4-2-3-5-10(9)11-8;3*1-3-4-2;/h3-7H,1H3;3*1,3-4H2,2H3;. The molecule has 1 heterocycles. The van der Waals surface area contributed by atoms with Crippen molar-refractivity contribution >= 4 is 32.9 Å². The van der Waals surface area contributed by atoms with E-state index in [0.717, 1.165) is 5.69 Å². The molecule has 2 heteroatoms. The van der Waals surface area contributed by atoms with Crippen LogP contribution in [0.25, 0.3) is 10.9 Å². The van der Waals surface area contributed by atoms with Gasteiger partial charge in [-0.3, -0.25) is 0 Å². The molecule has 0 N–H and O–H groups in total. The summed E-state index contributed by atoms with van der Waals surface area (Å²) in [4.78, 5) is 4.71. The van der Waals surface area contributed by atoms with Crippen molar-refractivity contribution < 1.29 is 0 Å². The summed E-state index contributed by atoms with van der Waals surface area (Å²) < 4.78 is 6.37. The van der Waals surface area contributed by atoms with Crippen molar-refractivity contribution in [1.82, 2.24) is 4.98 Å². The van der Waals surface area contributed by atoms with Crippen LogP contribution in [-0.2, 0) is 0 Å². The first-order chi connectivity index (χ1) is 11.6. The third-order valence-electron chi connectivity index (χ3n) is 5.47. The molecule has 0 radical (unpaired) electrons. The van der Waals surface area contributed by atoms with Crippen molar-refractivity contribution in [3.63, 3.8) is 0 Å². The number of aryl methyl sites for hydroxylation is 1. The van der Waals surface area contributed by atoms with E-state index in [1.54, 1.807) is 3.58 Å². The zero-order valence-corrected chi connectivity index (χ0v) is 19.1. The average molecular weight is 432 g/mol. The van der Waals surface area contributed by atoms with Crippen LogP contribution in [0.1, 0.15) is 65.0 Å². The van der Waals surface area contributed by atoms with Gasteiger partial charge in [0.2, 0.25) is 0 Å². The van der Waals surface area contributed by atoms with Gasteiger partial charge in [0.05, 0.1) is 0 Å². The van der Waals surface area contributed by atoms with Crippen LogP contribution in [0.5, 0.6) is 0 Å². The van der Waals surface area contributed by atoms with E-state index in [0.29, 0.717) is 0 Å². The molecule has 0 saturated heterocycles. The Kier molecular flexibility index (Phi) is 8.06. The second-order valence-electron chi connectivity index (χ2n) is 7.45. The van der Waals surface area contributed by atoms with Crippen LogP contribution < -0.4 is 3.58 Å². The third kappa shape index (κ3) is 4.97. The van der Waals surface area contributed by atoms with Gasteiger partial charge in [0.15, 0.2) is 0 Å². The van der Waals surface area contributed by atoms with Crippen molar-refractivity contribution in [2.45, 2.75) is 79.5 Å². The number of aromatic nitrogens is 1. The zero-order valence-electron chi connectivity index (χ0n) is 16.2. The molecule has 0 aliphatic carbocycles. The molecule has 0 amide bonds. The Labute approximate surface area is 153 Å². The predicted octanol–water partition coefficient (Wildman–Crippen LogP) is 6.60. The molecule has 1 aromatic heterocycles. The number of benzene rings is 1. The summed E-state index contributed by atoms with van der Waals surface area (Å²) in [5, 5.41) is 1.35. The van der Waals surface area contributed by atoms with Gasteiger partial charge >= 0.3 is 153 Å². The predicted molar refractivity (Wildman–Crippen MR) is 111 cm³/mol. The number of rotatable bonds is 10. The number of fused-ring (bicyclic) bond motifs is 1. The van der Waals surface area contributed by atoms with E-state index in [2.05, 4.69) is 58.0 Å². The van der Waals surface area contributed by atoms with Crippen molar-refractivity contribution in [2.75, 3.05) is 0 Å². The molecule has 1 nitrogen and oxygen atoms in total. The van der Waals surface area contributed by atoms with Gasteiger partial charge in [-0.25, -0.2) is 0 Å². The second-order valence-corrected chi connectivity index (χ2v) is 20.7. The molecule has 0 aliphatic heterocycles. The monoisotopic (exact) mass is 433 g/mol. The van der Waals surface area contributed by atoms with Gasteiger partial charge in [-0.15, -0.1) is 0 Å². The summed E-state index contributed by atoms with van der Waals surface area (Å²) in [7, 11) is 0. The fourth-order valence-electron chi connectivity index (χ4n) is 3.91. The van der Waals surface area contributed by atoms with Crippen LogP contribution in [0, 0.1) is 6.92 Å². The Morgan fingerprint density at radius 3 is 1.92 bits per heavy atom. The number of pyridine rings is 1. The second kappa shape index (κ2) is 9.79. The van der Waals surface area contributed by atoms with Crippen LogP contribution in [0.4, 0.5) is 0 Å². The molecular formula is C22H35NSn. The number of hydrogen-bond donors (Lipinski definition) is 0. The molecule has 2 aromatic rings. The van der Waals surface area contributed by atoms with Crippen LogP contribution in [0.15, 0.2) is 30.3 Å². The van der Waals surface area contributed by atoms with Gasteiger partial charge in [-0.2, -0.15) is 0 Å². The summed E-state index contributed by atoms with van der Waals surface area (Å²) >= 11 is -2.29. The van der Waals surface area contributed by atoms with Crippen molar-refractivity contribution in [2.24, 2.45) is 0 Å². The number of nitrogens with zero attached hydrogens (tertiary/aromatic N) is 1. The SMILES string of the molecule is CCC[CH2][Sn]([CH2]CCC)([CH2]CCC)[c]1ccc2nc(C)ccc2c1. The molecule has 24 heavy (non-hydrogen) atoms. The van der Waals surface area contributed by atoms with E-state index < -0.39 is 18.4 Å². The Morgan fingerprint density at radius 1 is 0.792 bits per heavy atom. The molecule has 1 aromatic carbocycles. The Balaban J connectivity index is 2.43. The minimum absolute atomic E-state index is 1.12. The third-order valence-corrected chi connectivity index (χ3v) is 21.1. The topological polar surface area (TPSA) is 12.9 Å². The molecule has 0 spiro atoms. The molecular weight excluding hydrogens is 397 g/mol. The van der Waals surface area contributed by atoms with Crippen molar-refractivity contribution in [1.29, 1.82) is 0 Å². The van der Waals surface area contributed by atoms with Crippen LogP contribution >= 0.6 is 0 Å². The fourth-order valence-corrected chi connectivity index (χ4v) is 19.9. The Bertz CT molecular complexity index is 613. The summed E-state index contributed by atoms with van der Waals surface area (Å²) in [6.45, 7) is 9.14. The van der Waals surface area contributed by atoms with Gasteiger partial charge in [0.25, 0.3) is 0 Å². The average Bonchev–Trinajstić information content (AvgIpc) is 2.61. The van der Waals surface area contributed by atoms with E-state index >= 15 is 0 Å². The van der Waals surface area contributed by atoms with Crippen molar-refractivity contribution in [3.05, 3.63) is 36.0 Å². The van der Waals surface area contributed by atoms with Gasteiger partial charge < -0.3 is 0 Å². The molecule has 132 valence electrons.